The average molecular weight is 236 g/mol. The van der Waals surface area contributed by atoms with E-state index in [0.29, 0.717) is 10.6 Å². The zero-order chi connectivity index (χ0) is 10.7. The molecule has 0 fully saturated rings. The molecule has 0 aliphatic heterocycles. The number of nitriles is 1. The molecule has 0 saturated heterocycles. The Hall–Kier alpha value is -1.57. The Morgan fingerprint density at radius 2 is 2.07 bits per heavy atom. The average Bonchev–Trinajstić information content (AvgIpc) is 2.61. The summed E-state index contributed by atoms with van der Waals surface area (Å²) in [6, 6.07) is 11.6. The number of hydrogen-bond donors (Lipinski definition) is 1. The first-order valence-electron chi connectivity index (χ1n) is 4.18. The first-order chi connectivity index (χ1) is 7.31. The molecule has 0 aliphatic rings. The van der Waals surface area contributed by atoms with Gasteiger partial charge in [-0.25, -0.2) is 0 Å². The highest BCUT2D eigenvalue weighted by Crippen LogP contribution is 2.29. The molecule has 1 aromatic heterocycles. The maximum absolute atomic E-state index is 8.86. The van der Waals surface area contributed by atoms with E-state index in [9.17, 15) is 0 Å². The van der Waals surface area contributed by atoms with Crippen molar-refractivity contribution < 1.29 is 0 Å². The van der Waals surface area contributed by atoms with E-state index < -0.39 is 0 Å². The summed E-state index contributed by atoms with van der Waals surface area (Å²) in [4.78, 5) is 0. The Labute approximate surface area is 96.1 Å². The number of aromatic nitrogens is 1. The second-order valence-corrected chi connectivity index (χ2v) is 3.91. The molecular weight excluding hydrogens is 230 g/mol. The summed E-state index contributed by atoms with van der Waals surface area (Å²) in [5.74, 6) is 0. The van der Waals surface area contributed by atoms with Gasteiger partial charge < -0.3 is 5.32 Å². The van der Waals surface area contributed by atoms with Crippen LogP contribution in [0.3, 0.4) is 0 Å². The number of anilines is 2. The number of para-hydroxylation sites is 1. The SMILES string of the molecule is N#Cc1c(Cl)nsc1Nc1ccccc1. The van der Waals surface area contributed by atoms with E-state index in [-0.39, 0.29) is 5.15 Å². The third kappa shape index (κ3) is 2.09. The summed E-state index contributed by atoms with van der Waals surface area (Å²) in [6.45, 7) is 0. The van der Waals surface area contributed by atoms with Crippen molar-refractivity contribution in [3.8, 4) is 6.07 Å². The molecule has 1 N–H and O–H groups in total. The van der Waals surface area contributed by atoms with Crippen LogP contribution in [0.5, 0.6) is 0 Å². The molecule has 2 rings (SSSR count). The first-order valence-corrected chi connectivity index (χ1v) is 5.33. The molecule has 0 aliphatic carbocycles. The lowest BCUT2D eigenvalue weighted by molar-refractivity contribution is 1.47. The van der Waals surface area contributed by atoms with E-state index >= 15 is 0 Å². The zero-order valence-corrected chi connectivity index (χ0v) is 9.14. The number of nitrogens with zero attached hydrogens (tertiary/aromatic N) is 2. The van der Waals surface area contributed by atoms with Gasteiger partial charge in [-0.2, -0.15) is 9.64 Å². The smallest absolute Gasteiger partial charge is 0.162 e. The van der Waals surface area contributed by atoms with Crippen LogP contribution in [0.1, 0.15) is 5.56 Å². The molecule has 0 unspecified atom stereocenters. The molecule has 1 aromatic carbocycles. The van der Waals surface area contributed by atoms with Crippen LogP contribution < -0.4 is 5.32 Å². The summed E-state index contributed by atoms with van der Waals surface area (Å²) in [5, 5.41) is 12.9. The Balaban J connectivity index is 2.30. The van der Waals surface area contributed by atoms with Gasteiger partial charge in [0.25, 0.3) is 0 Å². The molecule has 5 heteroatoms. The lowest BCUT2D eigenvalue weighted by Crippen LogP contribution is -1.88. The van der Waals surface area contributed by atoms with Gasteiger partial charge in [-0.3, -0.25) is 0 Å². The Kier molecular flexibility index (Phi) is 2.86. The number of hydrogen-bond acceptors (Lipinski definition) is 4. The van der Waals surface area contributed by atoms with Gasteiger partial charge in [0.15, 0.2) is 5.15 Å². The minimum atomic E-state index is 0.251. The summed E-state index contributed by atoms with van der Waals surface area (Å²) < 4.78 is 3.91. The van der Waals surface area contributed by atoms with E-state index in [1.54, 1.807) is 0 Å². The molecule has 0 amide bonds. The standard InChI is InChI=1S/C10H6ClN3S/c11-9-8(6-12)10(15-14-9)13-7-4-2-1-3-5-7/h1-5,13H. The summed E-state index contributed by atoms with van der Waals surface area (Å²) in [6.07, 6.45) is 0. The quantitative estimate of drug-likeness (QED) is 0.868. The molecule has 3 nitrogen and oxygen atoms in total. The molecular formula is C10H6ClN3S. The van der Waals surface area contributed by atoms with E-state index in [0.717, 1.165) is 5.69 Å². The number of nitrogens with one attached hydrogen (secondary N) is 1. The first kappa shape index (κ1) is 9.97. The van der Waals surface area contributed by atoms with Gasteiger partial charge >= 0.3 is 0 Å². The van der Waals surface area contributed by atoms with E-state index in [1.807, 2.05) is 36.4 Å². The molecule has 2 aromatic rings. The van der Waals surface area contributed by atoms with Crippen molar-refractivity contribution in [3.63, 3.8) is 0 Å². The highest BCUT2D eigenvalue weighted by atomic mass is 35.5. The maximum Gasteiger partial charge on any atom is 0.162 e. The second kappa shape index (κ2) is 4.30. The van der Waals surface area contributed by atoms with Crippen molar-refractivity contribution in [2.75, 3.05) is 5.32 Å². The number of benzene rings is 1. The van der Waals surface area contributed by atoms with Crippen molar-refractivity contribution in [1.29, 1.82) is 5.26 Å². The second-order valence-electron chi connectivity index (χ2n) is 2.78. The van der Waals surface area contributed by atoms with Gasteiger partial charge in [-0.15, -0.1) is 0 Å². The van der Waals surface area contributed by atoms with Crippen molar-refractivity contribution in [2.24, 2.45) is 0 Å². The van der Waals surface area contributed by atoms with Gasteiger partial charge in [0.1, 0.15) is 16.6 Å². The van der Waals surface area contributed by atoms with Crippen LogP contribution in [0.25, 0.3) is 0 Å². The van der Waals surface area contributed by atoms with Gasteiger partial charge in [-0.1, -0.05) is 29.8 Å². The van der Waals surface area contributed by atoms with E-state index in [2.05, 4.69) is 9.69 Å². The van der Waals surface area contributed by atoms with E-state index in [4.69, 9.17) is 16.9 Å². The Morgan fingerprint density at radius 3 is 2.73 bits per heavy atom. The summed E-state index contributed by atoms with van der Waals surface area (Å²) >= 11 is 6.93. The fraction of sp³-hybridized carbons (Fsp3) is 0. The minimum absolute atomic E-state index is 0.251. The molecule has 0 spiro atoms. The van der Waals surface area contributed by atoms with Crippen LogP contribution in [0.4, 0.5) is 10.7 Å². The van der Waals surface area contributed by atoms with Crippen LogP contribution in [0, 0.1) is 11.3 Å². The maximum atomic E-state index is 8.86. The van der Waals surface area contributed by atoms with Gasteiger partial charge in [0.2, 0.25) is 0 Å². The summed E-state index contributed by atoms with van der Waals surface area (Å²) in [7, 11) is 0. The van der Waals surface area contributed by atoms with Gasteiger partial charge in [0.05, 0.1) is 0 Å². The fourth-order valence-corrected chi connectivity index (χ4v) is 2.06. The molecule has 0 bridgehead atoms. The lowest BCUT2D eigenvalue weighted by Gasteiger charge is -2.01. The van der Waals surface area contributed by atoms with Crippen LogP contribution in [-0.4, -0.2) is 4.37 Å². The van der Waals surface area contributed by atoms with E-state index in [1.165, 1.54) is 11.5 Å². The van der Waals surface area contributed by atoms with Crippen LogP contribution in [0.2, 0.25) is 5.15 Å². The number of halogens is 1. The molecule has 0 radical (unpaired) electrons. The monoisotopic (exact) mass is 235 g/mol. The van der Waals surface area contributed by atoms with Crippen molar-refractivity contribution in [2.45, 2.75) is 0 Å². The van der Waals surface area contributed by atoms with Crippen LogP contribution in [0.15, 0.2) is 30.3 Å². The van der Waals surface area contributed by atoms with Crippen molar-refractivity contribution >= 4 is 33.8 Å². The van der Waals surface area contributed by atoms with Gasteiger partial charge in [0, 0.05) is 5.69 Å². The minimum Gasteiger partial charge on any atom is -0.345 e. The molecule has 15 heavy (non-hydrogen) atoms. The topological polar surface area (TPSA) is 48.7 Å². The fourth-order valence-electron chi connectivity index (χ4n) is 1.11. The third-order valence-corrected chi connectivity index (χ3v) is 2.93. The largest absolute Gasteiger partial charge is 0.345 e. The predicted octanol–water partition coefficient (Wildman–Crippen LogP) is 3.41. The lowest BCUT2D eigenvalue weighted by atomic mass is 10.3. The normalized spacial score (nSPS) is 9.60. The molecule has 0 saturated carbocycles. The Morgan fingerprint density at radius 1 is 1.33 bits per heavy atom. The van der Waals surface area contributed by atoms with Gasteiger partial charge in [-0.05, 0) is 23.7 Å². The molecule has 1 heterocycles. The van der Waals surface area contributed by atoms with Crippen LogP contribution in [-0.2, 0) is 0 Å². The highest BCUT2D eigenvalue weighted by molar-refractivity contribution is 7.10. The Bertz CT molecular complexity index is 501. The zero-order valence-electron chi connectivity index (χ0n) is 7.57. The molecule has 74 valence electrons. The third-order valence-electron chi connectivity index (χ3n) is 1.79. The predicted molar refractivity (Wildman–Crippen MR) is 61.6 cm³/mol. The number of rotatable bonds is 2. The van der Waals surface area contributed by atoms with Crippen molar-refractivity contribution in [3.05, 3.63) is 41.0 Å². The summed E-state index contributed by atoms with van der Waals surface area (Å²) in [5.41, 5.74) is 1.31. The van der Waals surface area contributed by atoms with Crippen molar-refractivity contribution in [1.82, 2.24) is 4.37 Å². The molecule has 0 atom stereocenters. The van der Waals surface area contributed by atoms with Crippen LogP contribution >= 0.6 is 23.1 Å². The highest BCUT2D eigenvalue weighted by Gasteiger charge is 2.11.